The summed E-state index contributed by atoms with van der Waals surface area (Å²) in [5.41, 5.74) is 6.36. The normalized spacial score (nSPS) is 12.2. The topological polar surface area (TPSA) is 44.5 Å². The van der Waals surface area contributed by atoms with Gasteiger partial charge in [-0.15, -0.1) is 0 Å². The van der Waals surface area contributed by atoms with Crippen molar-refractivity contribution in [3.63, 3.8) is 0 Å². The van der Waals surface area contributed by atoms with Crippen LogP contribution in [0.2, 0.25) is 0 Å². The summed E-state index contributed by atoms with van der Waals surface area (Å²) in [6.07, 6.45) is -0.0487. The number of halogens is 1. The van der Waals surface area contributed by atoms with Crippen LogP contribution in [-0.2, 0) is 4.74 Å². The summed E-state index contributed by atoms with van der Waals surface area (Å²) in [5.74, 6) is 0.673. The predicted molar refractivity (Wildman–Crippen MR) is 72.0 cm³/mol. The summed E-state index contributed by atoms with van der Waals surface area (Å²) in [4.78, 5) is 0.326. The predicted octanol–water partition coefficient (Wildman–Crippen LogP) is 2.50. The van der Waals surface area contributed by atoms with E-state index in [9.17, 15) is 0 Å². The molecule has 0 amide bonds. The highest BCUT2D eigenvalue weighted by Gasteiger charge is 2.10. The highest BCUT2D eigenvalue weighted by Crippen LogP contribution is 2.24. The van der Waals surface area contributed by atoms with Gasteiger partial charge in [0.1, 0.15) is 16.8 Å². The molecule has 3 nitrogen and oxygen atoms in total. The summed E-state index contributed by atoms with van der Waals surface area (Å²) in [7, 11) is 1.63. The van der Waals surface area contributed by atoms with Crippen molar-refractivity contribution in [2.45, 2.75) is 13.0 Å². The Balaban J connectivity index is 2.92. The number of benzene rings is 1. The molecule has 0 aliphatic heterocycles. The van der Waals surface area contributed by atoms with Gasteiger partial charge in [0.25, 0.3) is 0 Å². The molecule has 1 aromatic carbocycles. The van der Waals surface area contributed by atoms with Gasteiger partial charge in [-0.2, -0.15) is 0 Å². The number of thiocarbonyl (C=S) groups is 1. The van der Waals surface area contributed by atoms with Gasteiger partial charge in [0.05, 0.1) is 12.2 Å². The van der Waals surface area contributed by atoms with Crippen molar-refractivity contribution in [3.8, 4) is 5.75 Å². The van der Waals surface area contributed by atoms with Gasteiger partial charge < -0.3 is 15.2 Å². The monoisotopic (exact) mass is 303 g/mol. The van der Waals surface area contributed by atoms with Gasteiger partial charge in [-0.05, 0) is 25.1 Å². The number of methoxy groups -OCH3 is 1. The van der Waals surface area contributed by atoms with E-state index in [2.05, 4.69) is 15.9 Å². The summed E-state index contributed by atoms with van der Waals surface area (Å²) in [5, 5.41) is 0. The first-order valence-corrected chi connectivity index (χ1v) is 5.99. The third kappa shape index (κ3) is 3.73. The second-order valence-corrected chi connectivity index (χ2v) is 4.74. The Morgan fingerprint density at radius 2 is 2.25 bits per heavy atom. The molecular weight excluding hydrogens is 290 g/mol. The molecule has 1 atom stereocenters. The number of ether oxygens (including phenoxy) is 2. The molecule has 0 bridgehead atoms. The number of hydrogen-bond donors (Lipinski definition) is 1. The Morgan fingerprint density at radius 1 is 1.56 bits per heavy atom. The molecule has 0 saturated heterocycles. The van der Waals surface area contributed by atoms with E-state index in [1.54, 1.807) is 7.11 Å². The van der Waals surface area contributed by atoms with Gasteiger partial charge in [0.2, 0.25) is 0 Å². The third-order valence-corrected chi connectivity index (χ3v) is 2.65. The van der Waals surface area contributed by atoms with Crippen molar-refractivity contribution in [1.29, 1.82) is 0 Å². The Hall–Kier alpha value is -0.650. The molecule has 88 valence electrons. The summed E-state index contributed by atoms with van der Waals surface area (Å²) in [6.45, 7) is 2.44. The molecule has 0 aliphatic carbocycles. The fourth-order valence-corrected chi connectivity index (χ4v) is 1.79. The average molecular weight is 304 g/mol. The quantitative estimate of drug-likeness (QED) is 0.849. The minimum Gasteiger partial charge on any atom is -0.488 e. The standard InChI is InChI=1S/C11H14BrNO2S/c1-7(6-14-2)15-10-5-8(12)3-4-9(10)11(13)16/h3-5,7H,6H2,1-2H3,(H2,13,16). The lowest BCUT2D eigenvalue weighted by Crippen LogP contribution is -2.20. The van der Waals surface area contributed by atoms with Crippen LogP contribution in [0.3, 0.4) is 0 Å². The number of rotatable bonds is 5. The number of hydrogen-bond acceptors (Lipinski definition) is 3. The average Bonchev–Trinajstić information content (AvgIpc) is 2.17. The molecule has 0 fully saturated rings. The highest BCUT2D eigenvalue weighted by molar-refractivity contribution is 9.10. The molecular formula is C11H14BrNO2S. The summed E-state index contributed by atoms with van der Waals surface area (Å²) >= 11 is 8.34. The zero-order valence-electron chi connectivity index (χ0n) is 9.20. The molecule has 16 heavy (non-hydrogen) atoms. The van der Waals surface area contributed by atoms with Crippen LogP contribution < -0.4 is 10.5 Å². The van der Waals surface area contributed by atoms with E-state index in [4.69, 9.17) is 27.4 Å². The van der Waals surface area contributed by atoms with Gasteiger partial charge in [0, 0.05) is 11.6 Å². The van der Waals surface area contributed by atoms with Gasteiger partial charge in [-0.25, -0.2) is 0 Å². The maximum atomic E-state index is 5.71. The van der Waals surface area contributed by atoms with Crippen LogP contribution in [0.5, 0.6) is 5.75 Å². The van der Waals surface area contributed by atoms with Crippen LogP contribution in [-0.4, -0.2) is 24.8 Å². The lowest BCUT2D eigenvalue weighted by molar-refractivity contribution is 0.0919. The second-order valence-electron chi connectivity index (χ2n) is 3.39. The summed E-state index contributed by atoms with van der Waals surface area (Å²) < 4.78 is 11.6. The Labute approximate surface area is 109 Å². The maximum Gasteiger partial charge on any atom is 0.131 e. The third-order valence-electron chi connectivity index (χ3n) is 1.94. The van der Waals surface area contributed by atoms with Crippen molar-refractivity contribution in [3.05, 3.63) is 28.2 Å². The van der Waals surface area contributed by atoms with Crippen LogP contribution in [0.4, 0.5) is 0 Å². The molecule has 0 heterocycles. The van der Waals surface area contributed by atoms with Crippen molar-refractivity contribution in [2.75, 3.05) is 13.7 Å². The van der Waals surface area contributed by atoms with E-state index in [0.29, 0.717) is 17.3 Å². The van der Waals surface area contributed by atoms with Crippen LogP contribution in [0, 0.1) is 0 Å². The Bertz CT molecular complexity index is 384. The first kappa shape index (κ1) is 13.4. The van der Waals surface area contributed by atoms with E-state index in [0.717, 1.165) is 10.0 Å². The smallest absolute Gasteiger partial charge is 0.131 e. The van der Waals surface area contributed by atoms with Crippen molar-refractivity contribution >= 4 is 33.1 Å². The number of nitrogens with two attached hydrogens (primary N) is 1. The van der Waals surface area contributed by atoms with Crippen LogP contribution >= 0.6 is 28.1 Å². The molecule has 0 saturated carbocycles. The Kier molecular flexibility index (Phi) is 5.18. The lowest BCUT2D eigenvalue weighted by atomic mass is 10.2. The first-order chi connectivity index (χ1) is 7.54. The molecule has 0 radical (unpaired) electrons. The lowest BCUT2D eigenvalue weighted by Gasteiger charge is -2.16. The highest BCUT2D eigenvalue weighted by atomic mass is 79.9. The van der Waals surface area contributed by atoms with E-state index in [-0.39, 0.29) is 6.10 Å². The van der Waals surface area contributed by atoms with Gasteiger partial charge in [0.15, 0.2) is 0 Å². The van der Waals surface area contributed by atoms with E-state index in [1.165, 1.54) is 0 Å². The minimum atomic E-state index is -0.0487. The molecule has 0 aromatic heterocycles. The van der Waals surface area contributed by atoms with E-state index >= 15 is 0 Å². The minimum absolute atomic E-state index is 0.0487. The van der Waals surface area contributed by atoms with Crippen molar-refractivity contribution in [2.24, 2.45) is 5.73 Å². The van der Waals surface area contributed by atoms with Crippen LogP contribution in [0.1, 0.15) is 12.5 Å². The molecule has 1 unspecified atom stereocenters. The van der Waals surface area contributed by atoms with Crippen LogP contribution in [0.15, 0.2) is 22.7 Å². The molecule has 0 spiro atoms. The molecule has 1 aromatic rings. The molecule has 5 heteroatoms. The maximum absolute atomic E-state index is 5.71. The first-order valence-electron chi connectivity index (χ1n) is 4.79. The van der Waals surface area contributed by atoms with E-state index in [1.807, 2.05) is 25.1 Å². The van der Waals surface area contributed by atoms with E-state index < -0.39 is 0 Å². The van der Waals surface area contributed by atoms with Gasteiger partial charge in [-0.3, -0.25) is 0 Å². The zero-order chi connectivity index (χ0) is 12.1. The summed E-state index contributed by atoms with van der Waals surface area (Å²) in [6, 6.07) is 5.56. The van der Waals surface area contributed by atoms with Crippen molar-refractivity contribution in [1.82, 2.24) is 0 Å². The molecule has 2 N–H and O–H groups in total. The Morgan fingerprint density at radius 3 is 2.81 bits per heavy atom. The zero-order valence-corrected chi connectivity index (χ0v) is 11.6. The van der Waals surface area contributed by atoms with Crippen LogP contribution in [0.25, 0.3) is 0 Å². The van der Waals surface area contributed by atoms with Crippen molar-refractivity contribution < 1.29 is 9.47 Å². The second kappa shape index (κ2) is 6.18. The van der Waals surface area contributed by atoms with Gasteiger partial charge in [-0.1, -0.05) is 28.1 Å². The fourth-order valence-electron chi connectivity index (χ4n) is 1.28. The SMILES string of the molecule is COCC(C)Oc1cc(Br)ccc1C(N)=S. The largest absolute Gasteiger partial charge is 0.488 e. The van der Waals surface area contributed by atoms with Gasteiger partial charge >= 0.3 is 0 Å². The molecule has 1 rings (SSSR count). The molecule has 0 aliphatic rings. The fraction of sp³-hybridized carbons (Fsp3) is 0.364.